The first-order chi connectivity index (χ1) is 9.78. The van der Waals surface area contributed by atoms with Crippen LogP contribution in [0.4, 0.5) is 5.69 Å². The number of methoxy groups -OCH3 is 2. The van der Waals surface area contributed by atoms with E-state index in [4.69, 9.17) is 9.47 Å². The molecular formula is C17H17NO2. The fourth-order valence-electron chi connectivity index (χ4n) is 2.64. The lowest BCUT2D eigenvalue weighted by molar-refractivity contribution is 0.356. The van der Waals surface area contributed by atoms with Gasteiger partial charge in [0.15, 0.2) is 11.5 Å². The second kappa shape index (κ2) is 4.93. The van der Waals surface area contributed by atoms with Crippen molar-refractivity contribution in [2.24, 2.45) is 0 Å². The molecule has 3 aromatic carbocycles. The van der Waals surface area contributed by atoms with Gasteiger partial charge >= 0.3 is 0 Å². The SMILES string of the molecule is CNc1cc2cc(OC)c(OC)cc2c2ccccc12. The zero-order valence-electron chi connectivity index (χ0n) is 11.9. The Kier molecular flexibility index (Phi) is 3.11. The Balaban J connectivity index is 2.46. The molecule has 0 spiro atoms. The van der Waals surface area contributed by atoms with Crippen molar-refractivity contribution in [2.45, 2.75) is 0 Å². The van der Waals surface area contributed by atoms with Crippen LogP contribution in [-0.4, -0.2) is 21.3 Å². The summed E-state index contributed by atoms with van der Waals surface area (Å²) in [4.78, 5) is 0. The number of fused-ring (bicyclic) bond motifs is 3. The predicted octanol–water partition coefficient (Wildman–Crippen LogP) is 4.05. The van der Waals surface area contributed by atoms with E-state index in [1.165, 1.54) is 10.8 Å². The number of rotatable bonds is 3. The Morgan fingerprint density at radius 1 is 0.800 bits per heavy atom. The van der Waals surface area contributed by atoms with Crippen LogP contribution >= 0.6 is 0 Å². The van der Waals surface area contributed by atoms with Crippen molar-refractivity contribution in [3.8, 4) is 11.5 Å². The highest BCUT2D eigenvalue weighted by atomic mass is 16.5. The molecule has 3 rings (SSSR count). The molecule has 0 saturated heterocycles. The summed E-state index contributed by atoms with van der Waals surface area (Å²) in [6, 6.07) is 14.5. The molecule has 3 aromatic rings. The van der Waals surface area contributed by atoms with Crippen LogP contribution < -0.4 is 14.8 Å². The normalized spacial score (nSPS) is 10.8. The summed E-state index contributed by atoms with van der Waals surface area (Å²) in [7, 11) is 5.26. The zero-order chi connectivity index (χ0) is 14.1. The van der Waals surface area contributed by atoms with E-state index in [-0.39, 0.29) is 0 Å². The number of ether oxygens (including phenoxy) is 2. The van der Waals surface area contributed by atoms with Crippen molar-refractivity contribution < 1.29 is 9.47 Å². The Labute approximate surface area is 118 Å². The van der Waals surface area contributed by atoms with Gasteiger partial charge in [-0.3, -0.25) is 0 Å². The average Bonchev–Trinajstić information content (AvgIpc) is 2.52. The number of nitrogens with one attached hydrogen (secondary N) is 1. The maximum absolute atomic E-state index is 5.41. The van der Waals surface area contributed by atoms with Crippen molar-refractivity contribution >= 4 is 27.2 Å². The van der Waals surface area contributed by atoms with Crippen molar-refractivity contribution in [2.75, 3.05) is 26.6 Å². The molecule has 102 valence electrons. The van der Waals surface area contributed by atoms with Crippen molar-refractivity contribution in [3.05, 3.63) is 42.5 Å². The minimum atomic E-state index is 0.748. The predicted molar refractivity (Wildman–Crippen MR) is 84.1 cm³/mol. The lowest BCUT2D eigenvalue weighted by Crippen LogP contribution is -1.93. The standard InChI is InChI=1S/C17H17NO2/c1-18-15-8-11-9-16(19-2)17(20-3)10-14(11)12-6-4-5-7-13(12)15/h4-10,18H,1-3H3. The van der Waals surface area contributed by atoms with Gasteiger partial charge in [-0.2, -0.15) is 0 Å². The van der Waals surface area contributed by atoms with Gasteiger partial charge in [0.2, 0.25) is 0 Å². The van der Waals surface area contributed by atoms with Gasteiger partial charge in [0.25, 0.3) is 0 Å². The minimum absolute atomic E-state index is 0.748. The second-order valence-electron chi connectivity index (χ2n) is 4.65. The summed E-state index contributed by atoms with van der Waals surface area (Å²) in [5.74, 6) is 1.50. The third-order valence-electron chi connectivity index (χ3n) is 3.63. The summed E-state index contributed by atoms with van der Waals surface area (Å²) in [6.07, 6.45) is 0. The van der Waals surface area contributed by atoms with E-state index in [1.54, 1.807) is 14.2 Å². The summed E-state index contributed by atoms with van der Waals surface area (Å²) in [5, 5.41) is 7.96. The van der Waals surface area contributed by atoms with Crippen LogP contribution in [0.25, 0.3) is 21.5 Å². The van der Waals surface area contributed by atoms with Crippen LogP contribution in [0.2, 0.25) is 0 Å². The van der Waals surface area contributed by atoms with E-state index in [0.717, 1.165) is 28.0 Å². The van der Waals surface area contributed by atoms with E-state index in [0.29, 0.717) is 0 Å². The number of anilines is 1. The quantitative estimate of drug-likeness (QED) is 0.726. The van der Waals surface area contributed by atoms with Crippen LogP contribution in [-0.2, 0) is 0 Å². The van der Waals surface area contributed by atoms with E-state index >= 15 is 0 Å². The fraction of sp³-hybridized carbons (Fsp3) is 0.176. The van der Waals surface area contributed by atoms with Gasteiger partial charge in [0.05, 0.1) is 14.2 Å². The summed E-state index contributed by atoms with van der Waals surface area (Å²) >= 11 is 0. The molecule has 0 atom stereocenters. The Hall–Kier alpha value is -2.42. The molecule has 0 radical (unpaired) electrons. The molecule has 1 N–H and O–H groups in total. The smallest absolute Gasteiger partial charge is 0.161 e. The minimum Gasteiger partial charge on any atom is -0.493 e. The van der Waals surface area contributed by atoms with Gasteiger partial charge < -0.3 is 14.8 Å². The molecular weight excluding hydrogens is 250 g/mol. The average molecular weight is 267 g/mol. The highest BCUT2D eigenvalue weighted by Crippen LogP contribution is 2.38. The molecule has 0 aromatic heterocycles. The van der Waals surface area contributed by atoms with Crippen LogP contribution in [0.1, 0.15) is 0 Å². The maximum Gasteiger partial charge on any atom is 0.161 e. The Bertz CT molecular complexity index is 781. The number of benzene rings is 3. The first-order valence-electron chi connectivity index (χ1n) is 6.53. The molecule has 0 amide bonds. The molecule has 0 aliphatic heterocycles. The lowest BCUT2D eigenvalue weighted by atomic mass is 9.99. The highest BCUT2D eigenvalue weighted by molar-refractivity contribution is 6.13. The molecule has 0 saturated carbocycles. The van der Waals surface area contributed by atoms with Crippen LogP contribution in [0.5, 0.6) is 11.5 Å². The van der Waals surface area contributed by atoms with Crippen LogP contribution in [0.3, 0.4) is 0 Å². The number of hydrogen-bond acceptors (Lipinski definition) is 3. The highest BCUT2D eigenvalue weighted by Gasteiger charge is 2.10. The van der Waals surface area contributed by atoms with Crippen LogP contribution in [0.15, 0.2) is 42.5 Å². The topological polar surface area (TPSA) is 30.5 Å². The molecule has 3 nitrogen and oxygen atoms in total. The van der Waals surface area contributed by atoms with E-state index < -0.39 is 0 Å². The number of hydrogen-bond donors (Lipinski definition) is 1. The van der Waals surface area contributed by atoms with Gasteiger partial charge in [0, 0.05) is 18.1 Å². The monoisotopic (exact) mass is 267 g/mol. The summed E-state index contributed by atoms with van der Waals surface area (Å²) < 4.78 is 10.8. The molecule has 0 heterocycles. The largest absolute Gasteiger partial charge is 0.493 e. The lowest BCUT2D eigenvalue weighted by Gasteiger charge is -2.13. The Morgan fingerprint density at radius 3 is 2.10 bits per heavy atom. The molecule has 0 aliphatic carbocycles. The molecule has 0 aliphatic rings. The Morgan fingerprint density at radius 2 is 1.45 bits per heavy atom. The van der Waals surface area contributed by atoms with E-state index in [1.807, 2.05) is 19.2 Å². The first kappa shape index (κ1) is 12.6. The summed E-state index contributed by atoms with van der Waals surface area (Å²) in [6.45, 7) is 0. The van der Waals surface area contributed by atoms with Crippen LogP contribution in [0, 0.1) is 0 Å². The van der Waals surface area contributed by atoms with E-state index in [9.17, 15) is 0 Å². The molecule has 0 unspecified atom stereocenters. The van der Waals surface area contributed by atoms with Crippen molar-refractivity contribution in [1.29, 1.82) is 0 Å². The first-order valence-corrected chi connectivity index (χ1v) is 6.53. The fourth-order valence-corrected chi connectivity index (χ4v) is 2.64. The molecule has 0 bridgehead atoms. The van der Waals surface area contributed by atoms with Gasteiger partial charge in [0.1, 0.15) is 0 Å². The van der Waals surface area contributed by atoms with Gasteiger partial charge in [-0.1, -0.05) is 24.3 Å². The molecule has 0 fully saturated rings. The summed E-state index contributed by atoms with van der Waals surface area (Å²) in [5.41, 5.74) is 1.11. The van der Waals surface area contributed by atoms with Gasteiger partial charge in [-0.05, 0) is 34.4 Å². The van der Waals surface area contributed by atoms with Gasteiger partial charge in [-0.25, -0.2) is 0 Å². The van der Waals surface area contributed by atoms with E-state index in [2.05, 4.69) is 35.6 Å². The van der Waals surface area contributed by atoms with Gasteiger partial charge in [-0.15, -0.1) is 0 Å². The zero-order valence-corrected chi connectivity index (χ0v) is 11.9. The van der Waals surface area contributed by atoms with Crippen molar-refractivity contribution in [3.63, 3.8) is 0 Å². The third-order valence-corrected chi connectivity index (χ3v) is 3.63. The molecule has 20 heavy (non-hydrogen) atoms. The third kappa shape index (κ3) is 1.83. The van der Waals surface area contributed by atoms with Crippen molar-refractivity contribution in [1.82, 2.24) is 0 Å². The second-order valence-corrected chi connectivity index (χ2v) is 4.65. The molecule has 3 heteroatoms. The maximum atomic E-state index is 5.41.